The molecule has 0 aliphatic carbocycles. The molecule has 0 radical (unpaired) electrons. The van der Waals surface area contributed by atoms with Gasteiger partial charge in [-0.3, -0.25) is 9.59 Å². The third kappa shape index (κ3) is 2.56. The highest BCUT2D eigenvalue weighted by Gasteiger charge is 2.42. The number of rotatable bonds is 4. The number of carbonyl (C=O) groups is 2. The molecular formula is C14H20N2O4. The van der Waals surface area contributed by atoms with E-state index in [4.69, 9.17) is 10.2 Å². The van der Waals surface area contributed by atoms with Crippen molar-refractivity contribution in [3.8, 4) is 0 Å². The minimum Gasteiger partial charge on any atom is -0.481 e. The van der Waals surface area contributed by atoms with Gasteiger partial charge in [-0.1, -0.05) is 6.92 Å². The van der Waals surface area contributed by atoms with Gasteiger partial charge < -0.3 is 20.2 Å². The summed E-state index contributed by atoms with van der Waals surface area (Å²) in [5, 5.41) is 9.42. The molecule has 1 aromatic heterocycles. The minimum atomic E-state index is -0.836. The number of furan rings is 1. The van der Waals surface area contributed by atoms with Crippen LogP contribution in [0.1, 0.15) is 42.5 Å². The Balaban J connectivity index is 2.16. The summed E-state index contributed by atoms with van der Waals surface area (Å²) in [6.45, 7) is 2.88. The van der Waals surface area contributed by atoms with Crippen molar-refractivity contribution in [3.05, 3.63) is 23.7 Å². The predicted octanol–water partition coefficient (Wildman–Crippen LogP) is 1.46. The molecule has 2 rings (SSSR count). The lowest BCUT2D eigenvalue weighted by atomic mass is 9.77. The fraction of sp³-hybridized carbons (Fsp3) is 0.571. The van der Waals surface area contributed by atoms with Gasteiger partial charge in [-0.15, -0.1) is 0 Å². The average molecular weight is 280 g/mol. The van der Waals surface area contributed by atoms with E-state index in [2.05, 4.69) is 0 Å². The Bertz CT molecular complexity index is 511. The number of carbonyl (C=O) groups excluding carboxylic acids is 1. The molecular weight excluding hydrogens is 260 g/mol. The monoisotopic (exact) mass is 280 g/mol. The smallest absolute Gasteiger partial charge is 0.311 e. The standard InChI is InChI=1S/C14H20N2O4/c1-2-14(13(18)19)6-3-7-16(9-14)12(17)11-5-4-10(8-15)20-11/h4-5H,2-3,6-9,15H2,1H3,(H,18,19). The fourth-order valence-electron chi connectivity index (χ4n) is 2.68. The summed E-state index contributed by atoms with van der Waals surface area (Å²) in [6.07, 6.45) is 1.81. The van der Waals surface area contributed by atoms with E-state index in [0.29, 0.717) is 31.6 Å². The quantitative estimate of drug-likeness (QED) is 0.870. The van der Waals surface area contributed by atoms with E-state index < -0.39 is 11.4 Å². The van der Waals surface area contributed by atoms with E-state index in [1.807, 2.05) is 6.92 Å². The van der Waals surface area contributed by atoms with Crippen molar-refractivity contribution in [2.45, 2.75) is 32.7 Å². The largest absolute Gasteiger partial charge is 0.481 e. The summed E-state index contributed by atoms with van der Waals surface area (Å²) >= 11 is 0. The van der Waals surface area contributed by atoms with E-state index in [9.17, 15) is 14.7 Å². The molecule has 1 aromatic rings. The van der Waals surface area contributed by atoms with Crippen molar-refractivity contribution in [3.63, 3.8) is 0 Å². The van der Waals surface area contributed by atoms with Gasteiger partial charge in [0.05, 0.1) is 12.0 Å². The number of piperidine rings is 1. The number of likely N-dealkylation sites (tertiary alicyclic amines) is 1. The molecule has 2 heterocycles. The molecule has 6 nitrogen and oxygen atoms in total. The molecule has 1 saturated heterocycles. The number of hydrogen-bond acceptors (Lipinski definition) is 4. The van der Waals surface area contributed by atoms with Crippen molar-refractivity contribution < 1.29 is 19.1 Å². The summed E-state index contributed by atoms with van der Waals surface area (Å²) in [7, 11) is 0. The molecule has 0 saturated carbocycles. The van der Waals surface area contributed by atoms with Crippen LogP contribution in [0.4, 0.5) is 0 Å². The van der Waals surface area contributed by atoms with Gasteiger partial charge in [0.2, 0.25) is 0 Å². The van der Waals surface area contributed by atoms with Gasteiger partial charge in [-0.2, -0.15) is 0 Å². The Morgan fingerprint density at radius 1 is 1.50 bits per heavy atom. The highest BCUT2D eigenvalue weighted by molar-refractivity contribution is 5.92. The summed E-state index contributed by atoms with van der Waals surface area (Å²) in [6, 6.07) is 3.26. The van der Waals surface area contributed by atoms with Gasteiger partial charge in [-0.05, 0) is 31.4 Å². The van der Waals surface area contributed by atoms with Crippen molar-refractivity contribution in [1.82, 2.24) is 4.90 Å². The maximum Gasteiger partial charge on any atom is 0.311 e. The summed E-state index contributed by atoms with van der Waals surface area (Å²) in [5.74, 6) is -0.323. The number of carboxylic acid groups (broad SMARTS) is 1. The molecule has 3 N–H and O–H groups in total. The summed E-state index contributed by atoms with van der Waals surface area (Å²) in [4.78, 5) is 25.4. The second-order valence-electron chi connectivity index (χ2n) is 5.24. The molecule has 1 unspecified atom stereocenters. The molecule has 1 atom stereocenters. The number of nitrogens with zero attached hydrogens (tertiary/aromatic N) is 1. The number of hydrogen-bond donors (Lipinski definition) is 2. The summed E-state index contributed by atoms with van der Waals surface area (Å²) < 4.78 is 5.35. The van der Waals surface area contributed by atoms with Crippen LogP contribution in [0.3, 0.4) is 0 Å². The van der Waals surface area contributed by atoms with Gasteiger partial charge in [0.25, 0.3) is 5.91 Å². The number of carboxylic acids is 1. The zero-order valence-electron chi connectivity index (χ0n) is 11.6. The normalized spacial score (nSPS) is 22.8. The van der Waals surface area contributed by atoms with Crippen molar-refractivity contribution in [2.75, 3.05) is 13.1 Å². The van der Waals surface area contributed by atoms with Crippen LogP contribution in [0.2, 0.25) is 0 Å². The average Bonchev–Trinajstić information content (AvgIpc) is 2.95. The van der Waals surface area contributed by atoms with Gasteiger partial charge in [0.1, 0.15) is 5.76 Å². The lowest BCUT2D eigenvalue weighted by Gasteiger charge is -2.39. The van der Waals surface area contributed by atoms with Crippen molar-refractivity contribution in [1.29, 1.82) is 0 Å². The van der Waals surface area contributed by atoms with Crippen LogP contribution < -0.4 is 5.73 Å². The van der Waals surface area contributed by atoms with Crippen LogP contribution in [-0.4, -0.2) is 35.0 Å². The predicted molar refractivity (Wildman–Crippen MR) is 72.1 cm³/mol. The lowest BCUT2D eigenvalue weighted by molar-refractivity contribution is -0.152. The second-order valence-corrected chi connectivity index (χ2v) is 5.24. The Hall–Kier alpha value is -1.82. The van der Waals surface area contributed by atoms with E-state index in [1.54, 1.807) is 17.0 Å². The molecule has 1 aliphatic heterocycles. The third-order valence-corrected chi connectivity index (χ3v) is 4.07. The molecule has 6 heteroatoms. The first-order chi connectivity index (χ1) is 9.52. The molecule has 1 aliphatic rings. The fourth-order valence-corrected chi connectivity index (χ4v) is 2.68. The van der Waals surface area contributed by atoms with Gasteiger partial charge in [0.15, 0.2) is 5.76 Å². The SMILES string of the molecule is CCC1(C(=O)O)CCCN(C(=O)c2ccc(CN)o2)C1. The molecule has 1 amide bonds. The van der Waals surface area contributed by atoms with Gasteiger partial charge >= 0.3 is 5.97 Å². The number of nitrogens with two attached hydrogens (primary N) is 1. The Morgan fingerprint density at radius 3 is 2.80 bits per heavy atom. The zero-order valence-corrected chi connectivity index (χ0v) is 11.6. The topological polar surface area (TPSA) is 96.8 Å². The lowest BCUT2D eigenvalue weighted by Crippen LogP contribution is -2.49. The highest BCUT2D eigenvalue weighted by atomic mass is 16.4. The van der Waals surface area contributed by atoms with Gasteiger partial charge in [0, 0.05) is 13.1 Å². The first-order valence-electron chi connectivity index (χ1n) is 6.84. The molecule has 0 bridgehead atoms. The Labute approximate surface area is 117 Å². The molecule has 20 heavy (non-hydrogen) atoms. The first-order valence-corrected chi connectivity index (χ1v) is 6.84. The first kappa shape index (κ1) is 14.6. The van der Waals surface area contributed by atoms with Crippen LogP contribution in [-0.2, 0) is 11.3 Å². The van der Waals surface area contributed by atoms with E-state index in [1.165, 1.54) is 0 Å². The minimum absolute atomic E-state index is 0.225. The van der Waals surface area contributed by atoms with Crippen LogP contribution in [0.5, 0.6) is 0 Å². The highest BCUT2D eigenvalue weighted by Crippen LogP contribution is 2.34. The van der Waals surface area contributed by atoms with Crippen LogP contribution in [0.15, 0.2) is 16.5 Å². The molecule has 1 fully saturated rings. The maximum absolute atomic E-state index is 12.4. The Kier molecular flexibility index (Phi) is 4.13. The van der Waals surface area contributed by atoms with E-state index in [0.717, 1.165) is 0 Å². The maximum atomic E-state index is 12.4. The summed E-state index contributed by atoms with van der Waals surface area (Å²) in [5.41, 5.74) is 4.61. The molecule has 0 aromatic carbocycles. The molecule has 0 spiro atoms. The van der Waals surface area contributed by atoms with Crippen LogP contribution in [0.25, 0.3) is 0 Å². The van der Waals surface area contributed by atoms with Crippen molar-refractivity contribution >= 4 is 11.9 Å². The third-order valence-electron chi connectivity index (χ3n) is 4.07. The van der Waals surface area contributed by atoms with Gasteiger partial charge in [-0.25, -0.2) is 0 Å². The van der Waals surface area contributed by atoms with Crippen LogP contribution >= 0.6 is 0 Å². The zero-order chi connectivity index (χ0) is 14.8. The number of amides is 1. The van der Waals surface area contributed by atoms with E-state index >= 15 is 0 Å². The van der Waals surface area contributed by atoms with Crippen molar-refractivity contribution in [2.24, 2.45) is 11.1 Å². The van der Waals surface area contributed by atoms with Crippen LogP contribution in [0, 0.1) is 5.41 Å². The second kappa shape index (κ2) is 5.66. The molecule has 110 valence electrons. The van der Waals surface area contributed by atoms with E-state index in [-0.39, 0.29) is 24.8 Å². The number of aliphatic carboxylic acids is 1. The Morgan fingerprint density at radius 2 is 2.25 bits per heavy atom.